The van der Waals surface area contributed by atoms with Crippen LogP contribution in [0.3, 0.4) is 0 Å². The Hall–Kier alpha value is -1.02. The minimum absolute atomic E-state index is 0.241. The number of hydrogen-bond acceptors (Lipinski definition) is 2. The third-order valence-corrected chi connectivity index (χ3v) is 4.54. The van der Waals surface area contributed by atoms with Crippen molar-refractivity contribution < 1.29 is 0 Å². The van der Waals surface area contributed by atoms with Gasteiger partial charge < -0.3 is 10.6 Å². The summed E-state index contributed by atoms with van der Waals surface area (Å²) in [5, 5.41) is 0. The van der Waals surface area contributed by atoms with Gasteiger partial charge in [0, 0.05) is 17.8 Å². The molecule has 1 unspecified atom stereocenters. The predicted molar refractivity (Wildman–Crippen MR) is 83.7 cm³/mol. The molecule has 19 heavy (non-hydrogen) atoms. The van der Waals surface area contributed by atoms with Gasteiger partial charge in [-0.05, 0) is 62.8 Å². The summed E-state index contributed by atoms with van der Waals surface area (Å²) in [6.07, 6.45) is 2.48. The first-order chi connectivity index (χ1) is 8.94. The highest BCUT2D eigenvalue weighted by molar-refractivity contribution is 5.51. The van der Waals surface area contributed by atoms with Crippen molar-refractivity contribution in [1.82, 2.24) is 0 Å². The van der Waals surface area contributed by atoms with E-state index in [-0.39, 0.29) is 5.54 Å². The largest absolute Gasteiger partial charge is 0.366 e. The Bertz CT molecular complexity index is 406. The summed E-state index contributed by atoms with van der Waals surface area (Å²) in [6.45, 7) is 11.1. The predicted octanol–water partition coefficient (Wildman–Crippen LogP) is 3.76. The van der Waals surface area contributed by atoms with Crippen LogP contribution in [-0.2, 0) is 0 Å². The standard InChI is InChI=1S/C17H28N2/c1-13(2)15-5-7-16(8-6-15)19-12-14(11-18)9-10-17(19,3)4/h5-8,13-14H,9-12,18H2,1-4H3. The van der Waals surface area contributed by atoms with Gasteiger partial charge in [-0.25, -0.2) is 0 Å². The Kier molecular flexibility index (Phi) is 4.19. The normalized spacial score (nSPS) is 22.8. The Morgan fingerprint density at radius 3 is 2.42 bits per heavy atom. The van der Waals surface area contributed by atoms with Crippen LogP contribution in [-0.4, -0.2) is 18.6 Å². The quantitative estimate of drug-likeness (QED) is 0.896. The van der Waals surface area contributed by atoms with Gasteiger partial charge in [0.1, 0.15) is 0 Å². The van der Waals surface area contributed by atoms with Gasteiger partial charge >= 0.3 is 0 Å². The van der Waals surface area contributed by atoms with Gasteiger partial charge in [-0.15, -0.1) is 0 Å². The van der Waals surface area contributed by atoms with Crippen LogP contribution in [0.25, 0.3) is 0 Å². The van der Waals surface area contributed by atoms with E-state index in [0.29, 0.717) is 11.8 Å². The molecule has 1 saturated heterocycles. The van der Waals surface area contributed by atoms with Gasteiger partial charge in [-0.1, -0.05) is 26.0 Å². The summed E-state index contributed by atoms with van der Waals surface area (Å²) in [7, 11) is 0. The fourth-order valence-electron chi connectivity index (χ4n) is 2.98. The van der Waals surface area contributed by atoms with E-state index < -0.39 is 0 Å². The van der Waals surface area contributed by atoms with Gasteiger partial charge in [0.15, 0.2) is 0 Å². The molecule has 1 aliphatic heterocycles. The molecule has 0 bridgehead atoms. The first-order valence-corrected chi connectivity index (χ1v) is 7.51. The lowest BCUT2D eigenvalue weighted by Gasteiger charge is -2.47. The zero-order chi connectivity index (χ0) is 14.0. The fourth-order valence-corrected chi connectivity index (χ4v) is 2.98. The van der Waals surface area contributed by atoms with Crippen molar-refractivity contribution in [2.45, 2.75) is 52.0 Å². The topological polar surface area (TPSA) is 29.3 Å². The molecule has 1 aromatic rings. The van der Waals surface area contributed by atoms with Crippen molar-refractivity contribution in [3.05, 3.63) is 29.8 Å². The Morgan fingerprint density at radius 1 is 1.26 bits per heavy atom. The highest BCUT2D eigenvalue weighted by Crippen LogP contribution is 2.35. The first-order valence-electron chi connectivity index (χ1n) is 7.51. The van der Waals surface area contributed by atoms with Crippen molar-refractivity contribution in [2.75, 3.05) is 18.0 Å². The minimum atomic E-state index is 0.241. The van der Waals surface area contributed by atoms with E-state index in [9.17, 15) is 0 Å². The van der Waals surface area contributed by atoms with Crippen molar-refractivity contribution in [3.8, 4) is 0 Å². The molecule has 0 spiro atoms. The molecule has 2 N–H and O–H groups in total. The van der Waals surface area contributed by atoms with E-state index in [1.165, 1.54) is 24.1 Å². The van der Waals surface area contributed by atoms with Crippen molar-refractivity contribution in [1.29, 1.82) is 0 Å². The second-order valence-corrected chi connectivity index (χ2v) is 6.81. The average molecular weight is 260 g/mol. The van der Waals surface area contributed by atoms with Gasteiger partial charge in [-0.2, -0.15) is 0 Å². The molecule has 1 heterocycles. The maximum absolute atomic E-state index is 5.87. The highest BCUT2D eigenvalue weighted by Gasteiger charge is 2.33. The number of piperidine rings is 1. The zero-order valence-corrected chi connectivity index (χ0v) is 12.8. The van der Waals surface area contributed by atoms with Gasteiger partial charge in [0.25, 0.3) is 0 Å². The lowest BCUT2D eigenvalue weighted by atomic mass is 9.84. The van der Waals surface area contributed by atoms with Crippen LogP contribution in [0.15, 0.2) is 24.3 Å². The summed E-state index contributed by atoms with van der Waals surface area (Å²) < 4.78 is 0. The molecule has 2 rings (SSSR count). The van der Waals surface area contributed by atoms with Crippen LogP contribution < -0.4 is 10.6 Å². The van der Waals surface area contributed by atoms with Crippen LogP contribution in [0.5, 0.6) is 0 Å². The van der Waals surface area contributed by atoms with E-state index in [1.807, 2.05) is 0 Å². The fraction of sp³-hybridized carbons (Fsp3) is 0.647. The van der Waals surface area contributed by atoms with E-state index >= 15 is 0 Å². The summed E-state index contributed by atoms with van der Waals surface area (Å²) in [5.41, 5.74) is 8.86. The van der Waals surface area contributed by atoms with Crippen LogP contribution in [0.1, 0.15) is 52.0 Å². The first kappa shape index (κ1) is 14.4. The molecular weight excluding hydrogens is 232 g/mol. The molecule has 0 saturated carbocycles. The van der Waals surface area contributed by atoms with Gasteiger partial charge in [-0.3, -0.25) is 0 Å². The van der Waals surface area contributed by atoms with E-state index in [2.05, 4.69) is 56.9 Å². The highest BCUT2D eigenvalue weighted by atomic mass is 15.2. The third kappa shape index (κ3) is 3.11. The molecule has 2 nitrogen and oxygen atoms in total. The van der Waals surface area contributed by atoms with Gasteiger partial charge in [0.05, 0.1) is 0 Å². The molecule has 0 amide bonds. The molecule has 0 aromatic heterocycles. The van der Waals surface area contributed by atoms with Crippen LogP contribution in [0.2, 0.25) is 0 Å². The maximum atomic E-state index is 5.87. The monoisotopic (exact) mass is 260 g/mol. The second-order valence-electron chi connectivity index (χ2n) is 6.81. The van der Waals surface area contributed by atoms with Crippen LogP contribution in [0, 0.1) is 5.92 Å². The van der Waals surface area contributed by atoms with Crippen molar-refractivity contribution >= 4 is 5.69 Å². The van der Waals surface area contributed by atoms with Gasteiger partial charge in [0.2, 0.25) is 0 Å². The molecule has 2 heteroatoms. The summed E-state index contributed by atoms with van der Waals surface area (Å²) in [6, 6.07) is 9.08. The SMILES string of the molecule is CC(C)c1ccc(N2CC(CN)CCC2(C)C)cc1. The summed E-state index contributed by atoms with van der Waals surface area (Å²) in [5.74, 6) is 1.23. The molecule has 1 atom stereocenters. The molecule has 1 aromatic carbocycles. The lowest BCUT2D eigenvalue weighted by Crippen LogP contribution is -2.51. The zero-order valence-electron chi connectivity index (χ0n) is 12.8. The number of nitrogens with zero attached hydrogens (tertiary/aromatic N) is 1. The van der Waals surface area contributed by atoms with E-state index in [4.69, 9.17) is 5.73 Å². The summed E-state index contributed by atoms with van der Waals surface area (Å²) >= 11 is 0. The average Bonchev–Trinajstić information content (AvgIpc) is 2.39. The molecule has 1 aliphatic rings. The number of rotatable bonds is 3. The van der Waals surface area contributed by atoms with Crippen LogP contribution >= 0.6 is 0 Å². The second kappa shape index (κ2) is 5.54. The number of anilines is 1. The molecule has 0 aliphatic carbocycles. The number of benzene rings is 1. The van der Waals surface area contributed by atoms with E-state index in [1.54, 1.807) is 0 Å². The van der Waals surface area contributed by atoms with Crippen molar-refractivity contribution in [2.24, 2.45) is 11.7 Å². The maximum Gasteiger partial charge on any atom is 0.0370 e. The molecule has 0 radical (unpaired) electrons. The third-order valence-electron chi connectivity index (χ3n) is 4.54. The Morgan fingerprint density at radius 2 is 1.89 bits per heavy atom. The number of hydrogen-bond donors (Lipinski definition) is 1. The minimum Gasteiger partial charge on any atom is -0.366 e. The Labute approximate surface area is 118 Å². The number of nitrogens with two attached hydrogens (primary N) is 1. The molecule has 106 valence electrons. The van der Waals surface area contributed by atoms with Crippen LogP contribution in [0.4, 0.5) is 5.69 Å². The molecular formula is C17H28N2. The van der Waals surface area contributed by atoms with E-state index in [0.717, 1.165) is 13.1 Å². The smallest absolute Gasteiger partial charge is 0.0370 e. The summed E-state index contributed by atoms with van der Waals surface area (Å²) in [4.78, 5) is 2.54. The van der Waals surface area contributed by atoms with Crippen molar-refractivity contribution in [3.63, 3.8) is 0 Å². The molecule has 1 fully saturated rings. The lowest BCUT2D eigenvalue weighted by molar-refractivity contribution is 0.295. The Balaban J connectivity index is 2.22.